The minimum Gasteiger partial charge on any atom is -0.309 e. The normalized spacial score (nSPS) is 25.5. The number of halogens is 1. The van der Waals surface area contributed by atoms with Crippen LogP contribution < -0.4 is 5.32 Å². The summed E-state index contributed by atoms with van der Waals surface area (Å²) in [5, 5.41) is 3.20. The van der Waals surface area contributed by atoms with Gasteiger partial charge in [-0.2, -0.15) is 0 Å². The molecule has 0 unspecified atom stereocenters. The van der Waals surface area contributed by atoms with E-state index in [-0.39, 0.29) is 3.95 Å². The van der Waals surface area contributed by atoms with Crippen LogP contribution in [0.15, 0.2) is 16.1 Å². The van der Waals surface area contributed by atoms with E-state index >= 15 is 0 Å². The van der Waals surface area contributed by atoms with Gasteiger partial charge in [0.25, 0.3) is 0 Å². The van der Waals surface area contributed by atoms with E-state index in [1.54, 1.807) is 0 Å². The molecule has 0 amide bonds. The molecule has 2 aliphatic rings. The first-order chi connectivity index (χ1) is 6.60. The van der Waals surface area contributed by atoms with Crippen LogP contribution in [0.4, 0.5) is 0 Å². The van der Waals surface area contributed by atoms with Gasteiger partial charge in [0.2, 0.25) is 13.8 Å². The first kappa shape index (κ1) is 10.3. The summed E-state index contributed by atoms with van der Waals surface area (Å²) in [6.07, 6.45) is 4.94. The molecular formula is C8H11BrN2O2S. The summed E-state index contributed by atoms with van der Waals surface area (Å²) in [6.45, 7) is 0.394. The number of hydrogen-bond acceptors (Lipinski definition) is 4. The second kappa shape index (κ2) is 3.75. The van der Waals surface area contributed by atoms with Gasteiger partial charge >= 0.3 is 0 Å². The number of rotatable bonds is 3. The van der Waals surface area contributed by atoms with Crippen molar-refractivity contribution in [1.82, 2.24) is 5.32 Å². The zero-order valence-corrected chi connectivity index (χ0v) is 9.94. The monoisotopic (exact) mass is 278 g/mol. The molecule has 0 atom stereocenters. The zero-order valence-electron chi connectivity index (χ0n) is 7.53. The van der Waals surface area contributed by atoms with Gasteiger partial charge in [0.15, 0.2) is 0 Å². The first-order valence-electron chi connectivity index (χ1n) is 4.51. The average Bonchev–Trinajstić information content (AvgIpc) is 2.28. The maximum atomic E-state index is 11.5. The lowest BCUT2D eigenvalue weighted by atomic mass is 9.93. The highest BCUT2D eigenvalue weighted by Crippen LogP contribution is 2.22. The maximum Gasteiger partial charge on any atom is 0.229 e. The Morgan fingerprint density at radius 3 is 2.71 bits per heavy atom. The summed E-state index contributed by atoms with van der Waals surface area (Å²) in [7, 11) is -3.28. The van der Waals surface area contributed by atoms with Crippen molar-refractivity contribution in [1.29, 1.82) is 0 Å². The topological polar surface area (TPSA) is 58.5 Å². The van der Waals surface area contributed by atoms with E-state index in [0.29, 0.717) is 17.5 Å². The number of nitrogens with zero attached hydrogens (tertiary/aromatic N) is 1. The lowest BCUT2D eigenvalue weighted by Gasteiger charge is -2.26. The second-order valence-electron chi connectivity index (χ2n) is 3.49. The van der Waals surface area contributed by atoms with E-state index < -0.39 is 9.84 Å². The van der Waals surface area contributed by atoms with E-state index in [1.165, 1.54) is 12.6 Å². The van der Waals surface area contributed by atoms with Crippen LogP contribution in [0.1, 0.15) is 19.3 Å². The van der Waals surface area contributed by atoms with Crippen LogP contribution in [0, 0.1) is 0 Å². The highest BCUT2D eigenvalue weighted by atomic mass is 79.9. The molecule has 1 aliphatic heterocycles. The molecule has 0 bridgehead atoms. The molecule has 0 radical (unpaired) electrons. The van der Waals surface area contributed by atoms with E-state index in [2.05, 4.69) is 26.2 Å². The Morgan fingerprint density at radius 1 is 1.57 bits per heavy atom. The minimum atomic E-state index is -3.28. The Bertz CT molecular complexity index is 396. The van der Waals surface area contributed by atoms with Crippen molar-refractivity contribution in [2.24, 2.45) is 4.99 Å². The summed E-state index contributed by atoms with van der Waals surface area (Å²) in [4.78, 5) is 4.09. The Kier molecular flexibility index (Phi) is 2.77. The van der Waals surface area contributed by atoms with Crippen LogP contribution in [0.5, 0.6) is 0 Å². The van der Waals surface area contributed by atoms with Crippen molar-refractivity contribution >= 4 is 29.7 Å². The van der Waals surface area contributed by atoms with Crippen molar-refractivity contribution in [2.45, 2.75) is 25.3 Å². The van der Waals surface area contributed by atoms with Crippen LogP contribution in [0.2, 0.25) is 0 Å². The minimum absolute atomic E-state index is 0.0235. The van der Waals surface area contributed by atoms with Crippen LogP contribution >= 0.6 is 15.9 Å². The summed E-state index contributed by atoms with van der Waals surface area (Å²) >= 11 is 2.92. The standard InChI is InChI=1S/C8H11BrN2O2S/c9-8-11-5-7(14(8,12)13)4-10-6-2-1-3-6/h5-6,10H,1-4H2. The molecule has 0 aromatic rings. The molecule has 14 heavy (non-hydrogen) atoms. The van der Waals surface area contributed by atoms with E-state index in [0.717, 1.165) is 12.8 Å². The van der Waals surface area contributed by atoms with Crippen molar-refractivity contribution < 1.29 is 8.42 Å². The predicted octanol–water partition coefficient (Wildman–Crippen LogP) is 1.15. The van der Waals surface area contributed by atoms with Gasteiger partial charge in [-0.1, -0.05) is 6.42 Å². The van der Waals surface area contributed by atoms with Gasteiger partial charge in [-0.25, -0.2) is 13.4 Å². The van der Waals surface area contributed by atoms with Gasteiger partial charge in [0.1, 0.15) is 0 Å². The Morgan fingerprint density at radius 2 is 2.29 bits per heavy atom. The average molecular weight is 279 g/mol. The second-order valence-corrected chi connectivity index (χ2v) is 6.68. The van der Waals surface area contributed by atoms with E-state index in [9.17, 15) is 8.42 Å². The Hall–Kier alpha value is -0.200. The molecule has 1 N–H and O–H groups in total. The van der Waals surface area contributed by atoms with Crippen molar-refractivity contribution in [3.05, 3.63) is 11.1 Å². The molecule has 0 aromatic carbocycles. The van der Waals surface area contributed by atoms with Crippen molar-refractivity contribution in [2.75, 3.05) is 6.54 Å². The number of sulfone groups is 1. The highest BCUT2D eigenvalue weighted by Gasteiger charge is 2.28. The Balaban J connectivity index is 1.94. The third-order valence-corrected chi connectivity index (χ3v) is 5.52. The molecule has 0 spiro atoms. The number of aliphatic imine (C=N–C) groups is 1. The molecule has 78 valence electrons. The predicted molar refractivity (Wildman–Crippen MR) is 59.0 cm³/mol. The fourth-order valence-electron chi connectivity index (χ4n) is 1.37. The summed E-state index contributed by atoms with van der Waals surface area (Å²) in [5.74, 6) is 0. The van der Waals surface area contributed by atoms with Crippen LogP contribution in [-0.2, 0) is 9.84 Å². The van der Waals surface area contributed by atoms with Crippen molar-refractivity contribution in [3.8, 4) is 0 Å². The molecule has 2 rings (SSSR count). The van der Waals surface area contributed by atoms with E-state index in [1.807, 2.05) is 0 Å². The lowest BCUT2D eigenvalue weighted by Crippen LogP contribution is -2.37. The molecule has 1 fully saturated rings. The van der Waals surface area contributed by atoms with Gasteiger partial charge < -0.3 is 5.32 Å². The fourth-order valence-corrected chi connectivity index (χ4v) is 2.97. The summed E-state index contributed by atoms with van der Waals surface area (Å²) in [5.41, 5.74) is 0. The van der Waals surface area contributed by atoms with Gasteiger partial charge in [-0.05, 0) is 28.8 Å². The first-order valence-corrected chi connectivity index (χ1v) is 6.79. The van der Waals surface area contributed by atoms with Gasteiger partial charge in [0, 0.05) is 18.8 Å². The quantitative estimate of drug-likeness (QED) is 0.843. The molecule has 0 aromatic heterocycles. The fraction of sp³-hybridized carbons (Fsp3) is 0.625. The van der Waals surface area contributed by atoms with Crippen molar-refractivity contribution in [3.63, 3.8) is 0 Å². The zero-order chi connectivity index (χ0) is 10.2. The lowest BCUT2D eigenvalue weighted by molar-refractivity contribution is 0.350. The molecule has 1 saturated carbocycles. The van der Waals surface area contributed by atoms with E-state index in [4.69, 9.17) is 0 Å². The Labute approximate surface area is 91.5 Å². The SMILES string of the molecule is O=S1(=O)C(CNC2CCC2)=CN=C1Br. The van der Waals surface area contributed by atoms with Crippen LogP contribution in [-0.4, -0.2) is 25.0 Å². The highest BCUT2D eigenvalue weighted by molar-refractivity contribution is 9.21. The molecule has 1 heterocycles. The van der Waals surface area contributed by atoms with Gasteiger partial charge in [0.05, 0.1) is 4.91 Å². The largest absolute Gasteiger partial charge is 0.309 e. The molecule has 4 nitrogen and oxygen atoms in total. The third-order valence-electron chi connectivity index (χ3n) is 2.55. The number of nitrogens with one attached hydrogen (secondary N) is 1. The molecule has 6 heteroatoms. The molecule has 0 saturated heterocycles. The maximum absolute atomic E-state index is 11.5. The van der Waals surface area contributed by atoms with Crippen LogP contribution in [0.25, 0.3) is 0 Å². The summed E-state index contributed by atoms with van der Waals surface area (Å²) in [6, 6.07) is 0.491. The van der Waals surface area contributed by atoms with Gasteiger partial charge in [-0.3, -0.25) is 0 Å². The smallest absolute Gasteiger partial charge is 0.229 e. The number of hydrogen-bond donors (Lipinski definition) is 1. The summed E-state index contributed by atoms with van der Waals surface area (Å²) < 4.78 is 23.1. The molecule has 1 aliphatic carbocycles. The van der Waals surface area contributed by atoms with Crippen LogP contribution in [0.3, 0.4) is 0 Å². The molecular weight excluding hydrogens is 268 g/mol. The van der Waals surface area contributed by atoms with Gasteiger partial charge in [-0.15, -0.1) is 0 Å². The third kappa shape index (κ3) is 1.78.